The zero-order chi connectivity index (χ0) is 11.1. The highest BCUT2D eigenvalue weighted by Gasteiger charge is 2.21. The molecule has 0 aromatic carbocycles. The summed E-state index contributed by atoms with van der Waals surface area (Å²) in [7, 11) is 2.09. The fraction of sp³-hybridized carbons (Fsp3) is 1.00. The Hall–Kier alpha value is -0.0800. The molecule has 1 saturated carbocycles. The lowest BCUT2D eigenvalue weighted by atomic mass is 9.94. The van der Waals surface area contributed by atoms with Crippen molar-refractivity contribution in [2.45, 2.75) is 64.5 Å². The second-order valence-electron chi connectivity index (χ2n) is 4.77. The zero-order valence-corrected chi connectivity index (χ0v) is 10.8. The molecule has 0 amide bonds. The average Bonchev–Trinajstić information content (AvgIpc) is 2.32. The van der Waals surface area contributed by atoms with Crippen molar-refractivity contribution in [2.75, 3.05) is 20.1 Å². The van der Waals surface area contributed by atoms with Crippen molar-refractivity contribution in [1.29, 1.82) is 0 Å². The first-order chi connectivity index (χ1) is 7.31. The third-order valence-electron chi connectivity index (χ3n) is 3.85. The monoisotopic (exact) mass is 212 g/mol. The van der Waals surface area contributed by atoms with E-state index in [1.165, 1.54) is 51.6 Å². The Morgan fingerprint density at radius 2 is 1.87 bits per heavy atom. The van der Waals surface area contributed by atoms with Gasteiger partial charge in [-0.3, -0.25) is 4.90 Å². The Balaban J connectivity index is 2.38. The summed E-state index contributed by atoms with van der Waals surface area (Å²) in [6.45, 7) is 7.02. The van der Waals surface area contributed by atoms with Crippen molar-refractivity contribution in [3.8, 4) is 0 Å². The molecule has 1 rings (SSSR count). The fourth-order valence-corrected chi connectivity index (χ4v) is 2.69. The first kappa shape index (κ1) is 13.0. The Bertz CT molecular complexity index is 149. The average molecular weight is 212 g/mol. The van der Waals surface area contributed by atoms with Gasteiger partial charge in [0.1, 0.15) is 0 Å². The Morgan fingerprint density at radius 3 is 2.33 bits per heavy atom. The van der Waals surface area contributed by atoms with Crippen molar-refractivity contribution in [1.82, 2.24) is 10.2 Å². The summed E-state index contributed by atoms with van der Waals surface area (Å²) in [5.74, 6) is 0. The first-order valence-electron chi connectivity index (χ1n) is 6.73. The smallest absolute Gasteiger partial charge is 0.0189 e. The van der Waals surface area contributed by atoms with Gasteiger partial charge < -0.3 is 5.32 Å². The largest absolute Gasteiger partial charge is 0.316 e. The van der Waals surface area contributed by atoms with Crippen LogP contribution in [0.15, 0.2) is 0 Å². The third-order valence-corrected chi connectivity index (χ3v) is 3.85. The molecule has 1 unspecified atom stereocenters. The Kier molecular flexibility index (Phi) is 6.26. The summed E-state index contributed by atoms with van der Waals surface area (Å²) in [6.07, 6.45) is 8.42. The van der Waals surface area contributed by atoms with Gasteiger partial charge in [-0.1, -0.05) is 33.1 Å². The molecule has 0 heterocycles. The molecule has 2 heteroatoms. The van der Waals surface area contributed by atoms with Gasteiger partial charge in [-0.25, -0.2) is 0 Å². The molecule has 0 aliphatic heterocycles. The van der Waals surface area contributed by atoms with Crippen molar-refractivity contribution < 1.29 is 0 Å². The van der Waals surface area contributed by atoms with Gasteiger partial charge in [-0.2, -0.15) is 0 Å². The molecule has 1 N–H and O–H groups in total. The molecule has 1 aliphatic rings. The van der Waals surface area contributed by atoms with Gasteiger partial charge in [0.25, 0.3) is 0 Å². The summed E-state index contributed by atoms with van der Waals surface area (Å²) in [6, 6.07) is 1.54. The van der Waals surface area contributed by atoms with Gasteiger partial charge in [-0.05, 0) is 32.9 Å². The highest BCUT2D eigenvalue weighted by molar-refractivity contribution is 4.78. The second kappa shape index (κ2) is 7.24. The minimum atomic E-state index is 0.673. The number of likely N-dealkylation sites (N-methyl/N-ethyl adjacent to an activating group) is 2. The number of nitrogens with one attached hydrogen (secondary N) is 1. The van der Waals surface area contributed by atoms with E-state index in [0.717, 1.165) is 6.04 Å². The molecule has 2 nitrogen and oxygen atoms in total. The van der Waals surface area contributed by atoms with E-state index in [1.807, 2.05) is 0 Å². The van der Waals surface area contributed by atoms with Gasteiger partial charge in [0.05, 0.1) is 0 Å². The molecule has 15 heavy (non-hydrogen) atoms. The standard InChI is InChI=1S/C13H28N2/c1-4-12(14-3)11-15(5-2)13-9-7-6-8-10-13/h12-14H,4-11H2,1-3H3. The van der Waals surface area contributed by atoms with Gasteiger partial charge >= 0.3 is 0 Å². The van der Waals surface area contributed by atoms with Gasteiger partial charge in [-0.15, -0.1) is 0 Å². The Morgan fingerprint density at radius 1 is 1.20 bits per heavy atom. The van der Waals surface area contributed by atoms with E-state index in [2.05, 4.69) is 31.1 Å². The topological polar surface area (TPSA) is 15.3 Å². The summed E-state index contributed by atoms with van der Waals surface area (Å²) in [5, 5.41) is 3.41. The van der Waals surface area contributed by atoms with Crippen LogP contribution in [-0.4, -0.2) is 37.1 Å². The van der Waals surface area contributed by atoms with Crippen LogP contribution in [0, 0.1) is 0 Å². The molecule has 90 valence electrons. The van der Waals surface area contributed by atoms with Crippen LogP contribution < -0.4 is 5.32 Å². The maximum absolute atomic E-state index is 3.41. The van der Waals surface area contributed by atoms with E-state index in [4.69, 9.17) is 0 Å². The predicted octanol–water partition coefficient (Wildman–Crippen LogP) is 2.64. The summed E-state index contributed by atoms with van der Waals surface area (Å²) < 4.78 is 0. The van der Waals surface area contributed by atoms with Gasteiger partial charge in [0.15, 0.2) is 0 Å². The molecule has 0 radical (unpaired) electrons. The van der Waals surface area contributed by atoms with E-state index in [9.17, 15) is 0 Å². The lowest BCUT2D eigenvalue weighted by Crippen LogP contribution is -2.45. The van der Waals surface area contributed by atoms with E-state index < -0.39 is 0 Å². The lowest BCUT2D eigenvalue weighted by Gasteiger charge is -2.35. The van der Waals surface area contributed by atoms with Crippen molar-refractivity contribution in [2.24, 2.45) is 0 Å². The van der Waals surface area contributed by atoms with E-state index in [-0.39, 0.29) is 0 Å². The molecular weight excluding hydrogens is 184 g/mol. The minimum absolute atomic E-state index is 0.673. The van der Waals surface area contributed by atoms with Crippen LogP contribution in [0.25, 0.3) is 0 Å². The molecular formula is C13H28N2. The van der Waals surface area contributed by atoms with Crippen molar-refractivity contribution in [3.63, 3.8) is 0 Å². The third kappa shape index (κ3) is 4.12. The maximum Gasteiger partial charge on any atom is 0.0189 e. The number of hydrogen-bond donors (Lipinski definition) is 1. The van der Waals surface area contributed by atoms with Crippen molar-refractivity contribution in [3.05, 3.63) is 0 Å². The number of nitrogens with zero attached hydrogens (tertiary/aromatic N) is 1. The Labute approximate surface area is 95.4 Å². The number of hydrogen-bond acceptors (Lipinski definition) is 2. The first-order valence-corrected chi connectivity index (χ1v) is 6.73. The SMILES string of the molecule is CCC(CN(CC)C1CCCCC1)NC. The second-order valence-corrected chi connectivity index (χ2v) is 4.77. The molecule has 1 atom stereocenters. The highest BCUT2D eigenvalue weighted by Crippen LogP contribution is 2.22. The van der Waals surface area contributed by atoms with Crippen LogP contribution in [0.1, 0.15) is 52.4 Å². The predicted molar refractivity (Wildman–Crippen MR) is 67.3 cm³/mol. The summed E-state index contributed by atoms with van der Waals surface area (Å²) in [5.41, 5.74) is 0. The van der Waals surface area contributed by atoms with Gasteiger partial charge in [0.2, 0.25) is 0 Å². The normalized spacial score (nSPS) is 20.8. The van der Waals surface area contributed by atoms with E-state index >= 15 is 0 Å². The summed E-state index contributed by atoms with van der Waals surface area (Å²) >= 11 is 0. The number of rotatable bonds is 6. The van der Waals surface area contributed by atoms with Crippen LogP contribution in [0.5, 0.6) is 0 Å². The lowest BCUT2D eigenvalue weighted by molar-refractivity contribution is 0.148. The van der Waals surface area contributed by atoms with Crippen LogP contribution in [0.2, 0.25) is 0 Å². The summed E-state index contributed by atoms with van der Waals surface area (Å²) in [4.78, 5) is 2.68. The van der Waals surface area contributed by atoms with Crippen molar-refractivity contribution >= 4 is 0 Å². The zero-order valence-electron chi connectivity index (χ0n) is 10.8. The van der Waals surface area contributed by atoms with Crippen LogP contribution >= 0.6 is 0 Å². The molecule has 1 aliphatic carbocycles. The molecule has 0 aromatic rings. The maximum atomic E-state index is 3.41. The van der Waals surface area contributed by atoms with Crippen LogP contribution in [0.4, 0.5) is 0 Å². The van der Waals surface area contributed by atoms with Gasteiger partial charge in [0, 0.05) is 18.6 Å². The molecule has 0 spiro atoms. The minimum Gasteiger partial charge on any atom is -0.316 e. The molecule has 0 saturated heterocycles. The quantitative estimate of drug-likeness (QED) is 0.728. The molecule has 0 bridgehead atoms. The molecule has 1 fully saturated rings. The fourth-order valence-electron chi connectivity index (χ4n) is 2.69. The van der Waals surface area contributed by atoms with Crippen LogP contribution in [0.3, 0.4) is 0 Å². The van der Waals surface area contributed by atoms with E-state index in [1.54, 1.807) is 0 Å². The highest BCUT2D eigenvalue weighted by atomic mass is 15.2. The van der Waals surface area contributed by atoms with E-state index in [0.29, 0.717) is 6.04 Å². The van der Waals surface area contributed by atoms with Crippen LogP contribution in [-0.2, 0) is 0 Å². The molecule has 0 aromatic heterocycles.